The molecule has 2 heterocycles. The largest absolute Gasteiger partial charge is 0.434 e. The maximum atomic E-state index is 13.3. The molecule has 0 unspecified atom stereocenters. The molecule has 164 valence electrons. The average Bonchev–Trinajstić information content (AvgIpc) is 3.27. The van der Waals surface area contributed by atoms with E-state index in [0.717, 1.165) is 6.20 Å². The minimum absolute atomic E-state index is 0.174. The van der Waals surface area contributed by atoms with Crippen molar-refractivity contribution in [2.75, 3.05) is 18.4 Å². The summed E-state index contributed by atoms with van der Waals surface area (Å²) < 4.78 is 37.8. The predicted molar refractivity (Wildman–Crippen MR) is 108 cm³/mol. The summed E-state index contributed by atoms with van der Waals surface area (Å²) in [5.74, 6) is -0.113. The summed E-state index contributed by atoms with van der Waals surface area (Å²) in [6.07, 6.45) is 0.107. The van der Waals surface area contributed by atoms with Gasteiger partial charge in [0.2, 0.25) is 0 Å². The van der Waals surface area contributed by atoms with Gasteiger partial charge >= 0.3 is 6.18 Å². The van der Waals surface area contributed by atoms with Crippen LogP contribution in [0.3, 0.4) is 0 Å². The Bertz CT molecular complexity index is 1030. The first-order valence-electron chi connectivity index (χ1n) is 9.31. The molecule has 0 saturated heterocycles. The maximum Gasteiger partial charge on any atom is 0.434 e. The highest BCUT2D eigenvalue weighted by atomic mass is 35.5. The number of alkyl halides is 3. The SMILES string of the molecule is CCN(C(=O)c1cc(Cl)ccc1-n1nccn1)[C@@H](C)CNc1cnc(C(F)(F)F)cn1. The van der Waals surface area contributed by atoms with E-state index in [4.69, 9.17) is 11.6 Å². The van der Waals surface area contributed by atoms with Crippen LogP contribution < -0.4 is 5.32 Å². The van der Waals surface area contributed by atoms with Gasteiger partial charge in [-0.05, 0) is 32.0 Å². The minimum atomic E-state index is -4.55. The molecule has 8 nitrogen and oxygen atoms in total. The standard InChI is InChI=1S/C19H19ClF3N7O/c1-3-29(12(2)9-25-17-11-24-16(10-26-17)19(21,22)23)18(31)14-8-13(20)4-5-15(14)30-27-6-7-28-30/h4-8,10-12H,3,9H2,1-2H3,(H,25,26)/t12-/m0/s1. The number of aromatic nitrogens is 5. The van der Waals surface area contributed by atoms with Crippen molar-refractivity contribution in [1.29, 1.82) is 0 Å². The van der Waals surface area contributed by atoms with Crippen molar-refractivity contribution in [3.05, 3.63) is 59.3 Å². The van der Waals surface area contributed by atoms with Gasteiger partial charge in [-0.25, -0.2) is 9.97 Å². The molecule has 1 N–H and O–H groups in total. The van der Waals surface area contributed by atoms with E-state index in [0.29, 0.717) is 29.0 Å². The molecule has 1 amide bonds. The maximum absolute atomic E-state index is 13.3. The highest BCUT2D eigenvalue weighted by Crippen LogP contribution is 2.27. The number of likely N-dealkylation sites (N-methyl/N-ethyl adjacent to an activating group) is 1. The molecule has 0 fully saturated rings. The number of nitrogens with one attached hydrogen (secondary N) is 1. The summed E-state index contributed by atoms with van der Waals surface area (Å²) in [5, 5.41) is 11.4. The van der Waals surface area contributed by atoms with Gasteiger partial charge in [0.25, 0.3) is 5.91 Å². The summed E-state index contributed by atoms with van der Waals surface area (Å²) in [5.41, 5.74) is -0.268. The average molecular weight is 454 g/mol. The molecule has 2 aromatic heterocycles. The van der Waals surface area contributed by atoms with Crippen LogP contribution in [0.15, 0.2) is 43.0 Å². The van der Waals surface area contributed by atoms with Gasteiger partial charge in [-0.2, -0.15) is 28.2 Å². The Kier molecular flexibility index (Phi) is 6.74. The third kappa shape index (κ3) is 5.29. The lowest BCUT2D eigenvalue weighted by Gasteiger charge is -2.29. The fourth-order valence-corrected chi connectivity index (χ4v) is 3.10. The van der Waals surface area contributed by atoms with Gasteiger partial charge in [-0.15, -0.1) is 0 Å². The lowest BCUT2D eigenvalue weighted by molar-refractivity contribution is -0.141. The number of benzene rings is 1. The van der Waals surface area contributed by atoms with Crippen LogP contribution in [-0.4, -0.2) is 54.9 Å². The third-order valence-corrected chi connectivity index (χ3v) is 4.71. The van der Waals surface area contributed by atoms with Crippen LogP contribution >= 0.6 is 11.6 Å². The lowest BCUT2D eigenvalue weighted by Crippen LogP contribution is -2.42. The zero-order valence-corrected chi connectivity index (χ0v) is 17.4. The minimum Gasteiger partial charge on any atom is -0.367 e. The van der Waals surface area contributed by atoms with Crippen LogP contribution in [0, 0.1) is 0 Å². The van der Waals surface area contributed by atoms with Crippen LogP contribution in [-0.2, 0) is 6.18 Å². The van der Waals surface area contributed by atoms with Crippen molar-refractivity contribution in [3.63, 3.8) is 0 Å². The second kappa shape index (κ2) is 9.29. The Hall–Kier alpha value is -3.21. The fourth-order valence-electron chi connectivity index (χ4n) is 2.93. The molecule has 0 bridgehead atoms. The van der Waals surface area contributed by atoms with Crippen molar-refractivity contribution in [1.82, 2.24) is 29.9 Å². The van der Waals surface area contributed by atoms with Crippen molar-refractivity contribution in [2.45, 2.75) is 26.1 Å². The van der Waals surface area contributed by atoms with Crippen LogP contribution in [0.2, 0.25) is 5.02 Å². The van der Waals surface area contributed by atoms with Crippen molar-refractivity contribution in [2.24, 2.45) is 0 Å². The highest BCUT2D eigenvalue weighted by molar-refractivity contribution is 6.31. The topological polar surface area (TPSA) is 88.8 Å². The second-order valence-electron chi connectivity index (χ2n) is 6.59. The molecule has 0 aliphatic carbocycles. The van der Waals surface area contributed by atoms with Crippen molar-refractivity contribution in [3.8, 4) is 5.69 Å². The quantitative estimate of drug-likeness (QED) is 0.587. The van der Waals surface area contributed by atoms with Gasteiger partial charge in [0.05, 0.1) is 36.0 Å². The first kappa shape index (κ1) is 22.5. The summed E-state index contributed by atoms with van der Waals surface area (Å²) >= 11 is 6.11. The molecular weight excluding hydrogens is 435 g/mol. The number of nitrogens with zero attached hydrogens (tertiary/aromatic N) is 6. The molecule has 3 aromatic rings. The van der Waals surface area contributed by atoms with E-state index in [2.05, 4.69) is 25.5 Å². The summed E-state index contributed by atoms with van der Waals surface area (Å²) in [6, 6.07) is 4.53. The zero-order valence-electron chi connectivity index (χ0n) is 16.6. The summed E-state index contributed by atoms with van der Waals surface area (Å²) in [6.45, 7) is 4.26. The number of hydrogen-bond donors (Lipinski definition) is 1. The van der Waals surface area contributed by atoms with Gasteiger partial charge < -0.3 is 10.2 Å². The summed E-state index contributed by atoms with van der Waals surface area (Å²) in [4.78, 5) is 23.3. The monoisotopic (exact) mass is 453 g/mol. The molecule has 1 atom stereocenters. The van der Waals surface area contributed by atoms with E-state index in [1.807, 2.05) is 13.8 Å². The Balaban J connectivity index is 1.74. The number of halogens is 4. The molecule has 0 aliphatic heterocycles. The molecule has 0 saturated carbocycles. The molecule has 3 rings (SSSR count). The lowest BCUT2D eigenvalue weighted by atomic mass is 10.1. The van der Waals surface area contributed by atoms with E-state index in [9.17, 15) is 18.0 Å². The number of rotatable bonds is 7. The number of carbonyl (C=O) groups is 1. The Morgan fingerprint density at radius 3 is 2.52 bits per heavy atom. The van der Waals surface area contributed by atoms with Crippen LogP contribution in [0.5, 0.6) is 0 Å². The first-order chi connectivity index (χ1) is 14.7. The second-order valence-corrected chi connectivity index (χ2v) is 7.02. The smallest absolute Gasteiger partial charge is 0.367 e. The van der Waals surface area contributed by atoms with Crippen molar-refractivity contribution >= 4 is 23.3 Å². The van der Waals surface area contributed by atoms with Crippen LogP contribution in [0.25, 0.3) is 5.69 Å². The van der Waals surface area contributed by atoms with Gasteiger partial charge in [-0.3, -0.25) is 4.79 Å². The Morgan fingerprint density at radius 1 is 1.23 bits per heavy atom. The molecule has 0 aliphatic rings. The van der Waals surface area contributed by atoms with E-state index >= 15 is 0 Å². The van der Waals surface area contributed by atoms with Gasteiger partial charge in [0.15, 0.2) is 5.69 Å². The number of amides is 1. The van der Waals surface area contributed by atoms with E-state index < -0.39 is 11.9 Å². The van der Waals surface area contributed by atoms with E-state index in [1.54, 1.807) is 23.1 Å². The summed E-state index contributed by atoms with van der Waals surface area (Å²) in [7, 11) is 0. The molecule has 31 heavy (non-hydrogen) atoms. The first-order valence-corrected chi connectivity index (χ1v) is 9.68. The Morgan fingerprint density at radius 2 is 1.94 bits per heavy atom. The van der Waals surface area contributed by atoms with Crippen LogP contribution in [0.4, 0.5) is 19.0 Å². The third-order valence-electron chi connectivity index (χ3n) is 4.48. The van der Waals surface area contributed by atoms with E-state index in [1.165, 1.54) is 17.2 Å². The van der Waals surface area contributed by atoms with Gasteiger partial charge in [0, 0.05) is 24.2 Å². The highest BCUT2D eigenvalue weighted by Gasteiger charge is 2.32. The molecular formula is C19H19ClF3N7O. The molecule has 0 radical (unpaired) electrons. The number of carbonyl (C=O) groups excluding carboxylic acids is 1. The molecule has 0 spiro atoms. The van der Waals surface area contributed by atoms with Crippen LogP contribution in [0.1, 0.15) is 29.9 Å². The Labute approximate surface area is 181 Å². The van der Waals surface area contributed by atoms with Gasteiger partial charge in [0.1, 0.15) is 5.82 Å². The number of anilines is 1. The van der Waals surface area contributed by atoms with E-state index in [-0.39, 0.29) is 24.3 Å². The number of hydrogen-bond acceptors (Lipinski definition) is 6. The predicted octanol–water partition coefficient (Wildman–Crippen LogP) is 3.69. The fraction of sp³-hybridized carbons (Fsp3) is 0.316. The molecule has 12 heteroatoms. The zero-order chi connectivity index (χ0) is 22.6. The van der Waals surface area contributed by atoms with Crippen molar-refractivity contribution < 1.29 is 18.0 Å². The normalized spacial score (nSPS) is 12.5. The molecule has 1 aromatic carbocycles. The van der Waals surface area contributed by atoms with Gasteiger partial charge in [-0.1, -0.05) is 11.6 Å².